The van der Waals surface area contributed by atoms with Gasteiger partial charge in [0.15, 0.2) is 0 Å². The van der Waals surface area contributed by atoms with E-state index < -0.39 is 11.4 Å². The zero-order valence-corrected chi connectivity index (χ0v) is 9.53. The van der Waals surface area contributed by atoms with Crippen LogP contribution in [0.4, 0.5) is 0 Å². The van der Waals surface area contributed by atoms with Crippen molar-refractivity contribution in [2.24, 2.45) is 5.41 Å². The second-order valence-electron chi connectivity index (χ2n) is 4.46. The second-order valence-corrected chi connectivity index (χ2v) is 4.46. The molecular formula is C12H17NO3. The van der Waals surface area contributed by atoms with Crippen LogP contribution in [0.1, 0.15) is 19.4 Å². The Labute approximate surface area is 94.9 Å². The van der Waals surface area contributed by atoms with Gasteiger partial charge in [0.2, 0.25) is 0 Å². The molecule has 1 aromatic rings. The fraction of sp³-hybridized carbons (Fsp3) is 0.417. The van der Waals surface area contributed by atoms with Gasteiger partial charge in [-0.1, -0.05) is 12.1 Å². The summed E-state index contributed by atoms with van der Waals surface area (Å²) < 4.78 is 0. The van der Waals surface area contributed by atoms with Crippen molar-refractivity contribution in [2.75, 3.05) is 6.54 Å². The molecule has 0 aliphatic carbocycles. The molecule has 16 heavy (non-hydrogen) atoms. The van der Waals surface area contributed by atoms with Gasteiger partial charge in [-0.2, -0.15) is 0 Å². The van der Waals surface area contributed by atoms with E-state index in [-0.39, 0.29) is 5.75 Å². The van der Waals surface area contributed by atoms with Crippen molar-refractivity contribution >= 4 is 5.97 Å². The third-order valence-corrected chi connectivity index (χ3v) is 2.41. The van der Waals surface area contributed by atoms with Gasteiger partial charge in [-0.25, -0.2) is 0 Å². The molecule has 1 rings (SSSR count). The van der Waals surface area contributed by atoms with Crippen LogP contribution in [-0.4, -0.2) is 22.7 Å². The maximum absolute atomic E-state index is 10.8. The lowest BCUT2D eigenvalue weighted by molar-refractivity contribution is -0.146. The van der Waals surface area contributed by atoms with Crippen LogP contribution in [0.25, 0.3) is 0 Å². The number of benzene rings is 1. The van der Waals surface area contributed by atoms with E-state index >= 15 is 0 Å². The van der Waals surface area contributed by atoms with Crippen LogP contribution >= 0.6 is 0 Å². The van der Waals surface area contributed by atoms with E-state index in [1.54, 1.807) is 38.1 Å². The third kappa shape index (κ3) is 3.55. The standard InChI is InChI=1S/C12H17NO3/c1-12(2,11(15)16)8-13-7-9-3-5-10(14)6-4-9/h3-6,13-14H,7-8H2,1-2H3,(H,15,16). The van der Waals surface area contributed by atoms with Crippen molar-refractivity contribution in [3.05, 3.63) is 29.8 Å². The quantitative estimate of drug-likeness (QED) is 0.709. The monoisotopic (exact) mass is 223 g/mol. The van der Waals surface area contributed by atoms with E-state index in [0.29, 0.717) is 13.1 Å². The molecule has 0 heterocycles. The molecule has 0 spiro atoms. The SMILES string of the molecule is CC(C)(CNCc1ccc(O)cc1)C(=O)O. The molecule has 0 fully saturated rings. The highest BCUT2D eigenvalue weighted by atomic mass is 16.4. The van der Waals surface area contributed by atoms with Gasteiger partial charge in [0.05, 0.1) is 5.41 Å². The summed E-state index contributed by atoms with van der Waals surface area (Å²) in [6.07, 6.45) is 0. The zero-order chi connectivity index (χ0) is 12.2. The summed E-state index contributed by atoms with van der Waals surface area (Å²) in [6, 6.07) is 6.82. The summed E-state index contributed by atoms with van der Waals surface area (Å²) in [7, 11) is 0. The number of carbonyl (C=O) groups is 1. The highest BCUT2D eigenvalue weighted by Crippen LogP contribution is 2.14. The Kier molecular flexibility index (Phi) is 3.90. The molecule has 88 valence electrons. The van der Waals surface area contributed by atoms with Crippen LogP contribution < -0.4 is 5.32 Å². The molecule has 3 N–H and O–H groups in total. The van der Waals surface area contributed by atoms with E-state index in [0.717, 1.165) is 5.56 Å². The van der Waals surface area contributed by atoms with Crippen molar-refractivity contribution < 1.29 is 15.0 Å². The summed E-state index contributed by atoms with van der Waals surface area (Å²) >= 11 is 0. The molecule has 0 atom stereocenters. The first-order valence-electron chi connectivity index (χ1n) is 5.14. The first-order chi connectivity index (χ1) is 7.42. The highest BCUT2D eigenvalue weighted by Gasteiger charge is 2.26. The zero-order valence-electron chi connectivity index (χ0n) is 9.53. The number of phenolic OH excluding ortho intramolecular Hbond substituents is 1. The van der Waals surface area contributed by atoms with Crippen LogP contribution in [0.5, 0.6) is 5.75 Å². The normalized spacial score (nSPS) is 11.4. The summed E-state index contributed by atoms with van der Waals surface area (Å²) in [5, 5.41) is 21.1. The van der Waals surface area contributed by atoms with Crippen molar-refractivity contribution in [3.63, 3.8) is 0 Å². The molecule has 0 saturated heterocycles. The van der Waals surface area contributed by atoms with Gasteiger partial charge < -0.3 is 15.5 Å². The largest absolute Gasteiger partial charge is 0.508 e. The molecule has 0 radical (unpaired) electrons. The predicted molar refractivity (Wildman–Crippen MR) is 61.2 cm³/mol. The number of nitrogens with one attached hydrogen (secondary N) is 1. The van der Waals surface area contributed by atoms with Crippen molar-refractivity contribution in [3.8, 4) is 5.75 Å². The lowest BCUT2D eigenvalue weighted by Gasteiger charge is -2.19. The summed E-state index contributed by atoms with van der Waals surface area (Å²) in [6.45, 7) is 4.36. The molecule has 0 amide bonds. The van der Waals surface area contributed by atoms with Gasteiger partial charge in [-0.15, -0.1) is 0 Å². The Morgan fingerprint density at radius 3 is 2.38 bits per heavy atom. The van der Waals surface area contributed by atoms with E-state index in [9.17, 15) is 4.79 Å². The number of carboxylic acid groups (broad SMARTS) is 1. The maximum atomic E-state index is 10.8. The lowest BCUT2D eigenvalue weighted by atomic mass is 9.94. The minimum Gasteiger partial charge on any atom is -0.508 e. The van der Waals surface area contributed by atoms with Gasteiger partial charge >= 0.3 is 5.97 Å². The fourth-order valence-corrected chi connectivity index (χ4v) is 1.21. The van der Waals surface area contributed by atoms with E-state index in [1.807, 2.05) is 0 Å². The average molecular weight is 223 g/mol. The number of rotatable bonds is 5. The molecule has 0 aromatic heterocycles. The number of aromatic hydroxyl groups is 1. The molecule has 0 bridgehead atoms. The summed E-state index contributed by atoms with van der Waals surface area (Å²) in [4.78, 5) is 10.8. The highest BCUT2D eigenvalue weighted by molar-refractivity contribution is 5.73. The Balaban J connectivity index is 2.41. The first-order valence-corrected chi connectivity index (χ1v) is 5.14. The number of aliphatic carboxylic acids is 1. The fourth-order valence-electron chi connectivity index (χ4n) is 1.21. The number of phenols is 1. The van der Waals surface area contributed by atoms with Crippen molar-refractivity contribution in [2.45, 2.75) is 20.4 Å². The van der Waals surface area contributed by atoms with E-state index in [2.05, 4.69) is 5.32 Å². The topological polar surface area (TPSA) is 69.6 Å². The van der Waals surface area contributed by atoms with Crippen LogP contribution in [0.2, 0.25) is 0 Å². The van der Waals surface area contributed by atoms with Gasteiger partial charge in [0, 0.05) is 13.1 Å². The second kappa shape index (κ2) is 4.99. The Hall–Kier alpha value is -1.55. The van der Waals surface area contributed by atoms with E-state index in [4.69, 9.17) is 10.2 Å². The minimum absolute atomic E-state index is 0.231. The van der Waals surface area contributed by atoms with Crippen LogP contribution in [0, 0.1) is 5.41 Å². The maximum Gasteiger partial charge on any atom is 0.310 e. The van der Waals surface area contributed by atoms with Crippen molar-refractivity contribution in [1.29, 1.82) is 0 Å². The molecule has 0 unspecified atom stereocenters. The van der Waals surface area contributed by atoms with E-state index in [1.165, 1.54) is 0 Å². The molecule has 4 heteroatoms. The van der Waals surface area contributed by atoms with Crippen LogP contribution in [-0.2, 0) is 11.3 Å². The first kappa shape index (κ1) is 12.5. The molecule has 1 aromatic carbocycles. The van der Waals surface area contributed by atoms with Gasteiger partial charge in [0.25, 0.3) is 0 Å². The number of carboxylic acids is 1. The molecular weight excluding hydrogens is 206 g/mol. The number of hydrogen-bond acceptors (Lipinski definition) is 3. The van der Waals surface area contributed by atoms with Crippen LogP contribution in [0.3, 0.4) is 0 Å². The Morgan fingerprint density at radius 1 is 1.31 bits per heavy atom. The molecule has 4 nitrogen and oxygen atoms in total. The Morgan fingerprint density at radius 2 is 1.88 bits per heavy atom. The Bertz CT molecular complexity index is 357. The molecule has 0 aliphatic rings. The van der Waals surface area contributed by atoms with Gasteiger partial charge in [-0.05, 0) is 31.5 Å². The van der Waals surface area contributed by atoms with Crippen LogP contribution in [0.15, 0.2) is 24.3 Å². The smallest absolute Gasteiger partial charge is 0.310 e. The predicted octanol–water partition coefficient (Wildman–Crippen LogP) is 1.59. The third-order valence-electron chi connectivity index (χ3n) is 2.41. The summed E-state index contributed by atoms with van der Waals surface area (Å²) in [5.74, 6) is -0.583. The van der Waals surface area contributed by atoms with Crippen molar-refractivity contribution in [1.82, 2.24) is 5.32 Å². The minimum atomic E-state index is -0.814. The molecule has 0 saturated carbocycles. The summed E-state index contributed by atoms with van der Waals surface area (Å²) in [5.41, 5.74) is 0.246. The lowest BCUT2D eigenvalue weighted by Crippen LogP contribution is -2.35. The van der Waals surface area contributed by atoms with Gasteiger partial charge in [-0.3, -0.25) is 4.79 Å². The molecule has 0 aliphatic heterocycles. The van der Waals surface area contributed by atoms with Gasteiger partial charge in [0.1, 0.15) is 5.75 Å². The average Bonchev–Trinajstić information content (AvgIpc) is 2.20. The number of hydrogen-bond donors (Lipinski definition) is 3.